The molecule has 1 aromatic carbocycles. The fraction of sp³-hybridized carbons (Fsp3) is 0.0909. The Bertz CT molecular complexity index is 579. The molecule has 0 aliphatic carbocycles. The predicted molar refractivity (Wildman–Crippen MR) is 66.7 cm³/mol. The molecule has 0 bridgehead atoms. The third-order valence-corrected chi connectivity index (χ3v) is 3.40. The number of carboxylic acids is 1. The zero-order valence-corrected chi connectivity index (χ0v) is 10.4. The molecule has 0 spiro atoms. The van der Waals surface area contributed by atoms with Gasteiger partial charge in [-0.05, 0) is 23.7 Å². The van der Waals surface area contributed by atoms with Gasteiger partial charge < -0.3 is 15.3 Å². The number of aliphatic hydroxyl groups is 2. The second-order valence-electron chi connectivity index (χ2n) is 3.46. The fourth-order valence-electron chi connectivity index (χ4n) is 1.51. The van der Waals surface area contributed by atoms with Crippen LogP contribution in [0.3, 0.4) is 0 Å². The highest BCUT2D eigenvalue weighted by Crippen LogP contribution is 2.32. The topological polar surface area (TPSA) is 90.7 Å². The summed E-state index contributed by atoms with van der Waals surface area (Å²) in [5.41, 5.74) is 0.713. The number of hydrogen-bond acceptors (Lipinski definition) is 5. The van der Waals surface area contributed by atoms with Gasteiger partial charge in [-0.1, -0.05) is 23.7 Å². The summed E-state index contributed by atoms with van der Waals surface area (Å²) in [5, 5.41) is 28.0. The minimum atomic E-state index is -1.89. The Morgan fingerprint density at radius 3 is 2.39 bits per heavy atom. The minimum absolute atomic E-state index is 0.102. The fourth-order valence-corrected chi connectivity index (χ4v) is 2.40. The molecule has 5 nitrogen and oxygen atoms in total. The van der Waals surface area contributed by atoms with Crippen molar-refractivity contribution in [3.05, 3.63) is 39.7 Å². The molecule has 0 radical (unpaired) electrons. The summed E-state index contributed by atoms with van der Waals surface area (Å²) in [6, 6.07) is 6.50. The van der Waals surface area contributed by atoms with Crippen LogP contribution >= 0.6 is 23.1 Å². The largest absolute Gasteiger partial charge is 0.477 e. The van der Waals surface area contributed by atoms with E-state index in [4.69, 9.17) is 16.7 Å². The van der Waals surface area contributed by atoms with E-state index in [-0.39, 0.29) is 16.1 Å². The Kier molecular flexibility index (Phi) is 3.63. The van der Waals surface area contributed by atoms with Crippen molar-refractivity contribution in [2.75, 3.05) is 0 Å². The lowest BCUT2D eigenvalue weighted by Gasteiger charge is -2.06. The lowest BCUT2D eigenvalue weighted by molar-refractivity contribution is -0.0425. The number of aliphatic hydroxyl groups excluding tert-OH is 1. The van der Waals surface area contributed by atoms with Crippen molar-refractivity contribution in [1.82, 2.24) is 4.37 Å². The van der Waals surface area contributed by atoms with E-state index in [1.807, 2.05) is 0 Å². The van der Waals surface area contributed by atoms with Gasteiger partial charge in [-0.3, -0.25) is 0 Å². The van der Waals surface area contributed by atoms with E-state index in [0.717, 1.165) is 0 Å². The number of halogens is 1. The summed E-state index contributed by atoms with van der Waals surface area (Å²) in [6.45, 7) is 0. The number of hydrogen-bond donors (Lipinski definition) is 3. The number of nitrogens with zero attached hydrogens (tertiary/aromatic N) is 1. The van der Waals surface area contributed by atoms with Gasteiger partial charge in [0.1, 0.15) is 4.88 Å². The maximum atomic E-state index is 11.0. The number of rotatable bonds is 3. The van der Waals surface area contributed by atoms with Gasteiger partial charge in [-0.15, -0.1) is 0 Å². The van der Waals surface area contributed by atoms with E-state index >= 15 is 0 Å². The first kappa shape index (κ1) is 13.0. The Labute approximate surface area is 111 Å². The van der Waals surface area contributed by atoms with Crippen LogP contribution in [-0.4, -0.2) is 25.7 Å². The van der Waals surface area contributed by atoms with E-state index in [1.165, 1.54) is 0 Å². The van der Waals surface area contributed by atoms with Crippen molar-refractivity contribution in [2.24, 2.45) is 0 Å². The van der Waals surface area contributed by atoms with Crippen LogP contribution in [0.25, 0.3) is 11.3 Å². The van der Waals surface area contributed by atoms with Gasteiger partial charge in [0, 0.05) is 10.6 Å². The molecule has 2 aromatic rings. The van der Waals surface area contributed by atoms with E-state index in [0.29, 0.717) is 22.1 Å². The summed E-state index contributed by atoms with van der Waals surface area (Å²) >= 11 is 6.46. The Morgan fingerprint density at radius 1 is 1.28 bits per heavy atom. The number of carboxylic acid groups (broad SMARTS) is 1. The first-order chi connectivity index (χ1) is 8.50. The number of carbonyl (C=O) groups is 1. The number of aromatic nitrogens is 1. The lowest BCUT2D eigenvalue weighted by atomic mass is 10.1. The Hall–Kier alpha value is -1.47. The van der Waals surface area contributed by atoms with Crippen LogP contribution in [0.15, 0.2) is 24.3 Å². The van der Waals surface area contributed by atoms with Crippen LogP contribution in [0, 0.1) is 0 Å². The molecule has 1 aromatic heterocycles. The molecule has 2 rings (SSSR count). The molecule has 0 unspecified atom stereocenters. The van der Waals surface area contributed by atoms with Crippen LogP contribution in [-0.2, 0) is 0 Å². The normalized spacial score (nSPS) is 10.9. The summed E-state index contributed by atoms with van der Waals surface area (Å²) in [5.74, 6) is -1.24. The summed E-state index contributed by atoms with van der Waals surface area (Å²) < 4.78 is 3.96. The van der Waals surface area contributed by atoms with Gasteiger partial charge in [-0.25, -0.2) is 4.79 Å². The first-order valence-corrected chi connectivity index (χ1v) is 6.00. The third-order valence-electron chi connectivity index (χ3n) is 2.30. The quantitative estimate of drug-likeness (QED) is 0.752. The van der Waals surface area contributed by atoms with Crippen LogP contribution in [0.1, 0.15) is 21.5 Å². The van der Waals surface area contributed by atoms with Crippen LogP contribution in [0.4, 0.5) is 0 Å². The summed E-state index contributed by atoms with van der Waals surface area (Å²) in [6.07, 6.45) is -1.89. The van der Waals surface area contributed by atoms with E-state index in [2.05, 4.69) is 4.37 Å². The van der Waals surface area contributed by atoms with E-state index in [9.17, 15) is 15.0 Å². The van der Waals surface area contributed by atoms with Crippen LogP contribution < -0.4 is 0 Å². The van der Waals surface area contributed by atoms with Crippen molar-refractivity contribution in [3.63, 3.8) is 0 Å². The highest BCUT2D eigenvalue weighted by molar-refractivity contribution is 7.08. The average Bonchev–Trinajstić information content (AvgIpc) is 2.74. The highest BCUT2D eigenvalue weighted by atomic mass is 35.5. The maximum Gasteiger partial charge on any atom is 0.348 e. The number of benzene rings is 1. The maximum absolute atomic E-state index is 11.0. The van der Waals surface area contributed by atoms with Gasteiger partial charge >= 0.3 is 5.97 Å². The Balaban J connectivity index is 2.57. The SMILES string of the molecule is O=C(O)c1snc(-c2ccc(Cl)cc2)c1C(O)O. The van der Waals surface area contributed by atoms with Gasteiger partial charge in [0.15, 0.2) is 6.29 Å². The van der Waals surface area contributed by atoms with Crippen molar-refractivity contribution in [1.29, 1.82) is 0 Å². The highest BCUT2D eigenvalue weighted by Gasteiger charge is 2.24. The zero-order valence-electron chi connectivity index (χ0n) is 8.87. The van der Waals surface area contributed by atoms with Crippen molar-refractivity contribution in [2.45, 2.75) is 6.29 Å². The molecule has 0 saturated heterocycles. The molecule has 0 aliphatic heterocycles. The van der Waals surface area contributed by atoms with E-state index < -0.39 is 12.3 Å². The zero-order chi connectivity index (χ0) is 13.3. The standard InChI is InChI=1S/C11H8ClNO4S/c12-6-3-1-5(2-4-6)8-7(10(14)15)9(11(16)17)18-13-8/h1-4,10,14-15H,(H,16,17). The molecule has 0 aliphatic rings. The monoisotopic (exact) mass is 285 g/mol. The minimum Gasteiger partial charge on any atom is -0.477 e. The predicted octanol–water partition coefficient (Wildman–Crippen LogP) is 2.14. The van der Waals surface area contributed by atoms with Crippen LogP contribution in [0.5, 0.6) is 0 Å². The molecule has 0 fully saturated rings. The molecule has 1 heterocycles. The van der Waals surface area contributed by atoms with Gasteiger partial charge in [0.25, 0.3) is 0 Å². The third kappa shape index (κ3) is 2.37. The molecule has 94 valence electrons. The van der Waals surface area contributed by atoms with Gasteiger partial charge in [0.05, 0.1) is 11.3 Å². The average molecular weight is 286 g/mol. The van der Waals surface area contributed by atoms with Crippen molar-refractivity contribution in [3.8, 4) is 11.3 Å². The smallest absolute Gasteiger partial charge is 0.348 e. The number of aromatic carboxylic acids is 1. The Morgan fingerprint density at radius 2 is 1.89 bits per heavy atom. The molecule has 0 saturated carbocycles. The molecular formula is C11H8ClNO4S. The molecule has 18 heavy (non-hydrogen) atoms. The van der Waals surface area contributed by atoms with Gasteiger partial charge in [0.2, 0.25) is 0 Å². The van der Waals surface area contributed by atoms with Gasteiger partial charge in [-0.2, -0.15) is 4.37 Å². The molecular weight excluding hydrogens is 278 g/mol. The molecule has 7 heteroatoms. The molecule has 3 N–H and O–H groups in total. The van der Waals surface area contributed by atoms with Crippen molar-refractivity contribution >= 4 is 29.1 Å². The van der Waals surface area contributed by atoms with Crippen molar-refractivity contribution < 1.29 is 20.1 Å². The summed E-state index contributed by atoms with van der Waals surface area (Å²) in [4.78, 5) is 10.8. The lowest BCUT2D eigenvalue weighted by Crippen LogP contribution is -2.04. The second kappa shape index (κ2) is 5.03. The molecule has 0 atom stereocenters. The van der Waals surface area contributed by atoms with Crippen LogP contribution in [0.2, 0.25) is 5.02 Å². The molecule has 0 amide bonds. The first-order valence-electron chi connectivity index (χ1n) is 4.85. The van der Waals surface area contributed by atoms with E-state index in [1.54, 1.807) is 24.3 Å². The second-order valence-corrected chi connectivity index (χ2v) is 4.67. The summed E-state index contributed by atoms with van der Waals surface area (Å²) in [7, 11) is 0.